The second-order valence-corrected chi connectivity index (χ2v) is 6.51. The maximum absolute atomic E-state index is 12.7. The lowest BCUT2D eigenvalue weighted by Crippen LogP contribution is -2.21. The van der Waals surface area contributed by atoms with E-state index in [1.165, 1.54) is 18.2 Å². The molecule has 2 aromatic carbocycles. The first-order valence-corrected chi connectivity index (χ1v) is 8.32. The lowest BCUT2D eigenvalue weighted by atomic mass is 10.1. The van der Waals surface area contributed by atoms with Gasteiger partial charge in [0.1, 0.15) is 0 Å². The standard InChI is InChI=1S/C18H15IN2O3/c1-11-15(9-12-3-8-16(22)17(10-12)24-2)18(23)21(20-11)14-6-4-13(19)5-7-14/h3-10,22H,1-2H3/b15-9+. The maximum atomic E-state index is 12.7. The van der Waals surface area contributed by atoms with E-state index in [4.69, 9.17) is 4.74 Å². The monoisotopic (exact) mass is 434 g/mol. The van der Waals surface area contributed by atoms with E-state index in [-0.39, 0.29) is 11.7 Å². The molecule has 0 aromatic heterocycles. The molecule has 0 saturated heterocycles. The third-order valence-electron chi connectivity index (χ3n) is 3.65. The van der Waals surface area contributed by atoms with E-state index in [1.54, 1.807) is 25.1 Å². The van der Waals surface area contributed by atoms with Crippen LogP contribution in [0, 0.1) is 3.57 Å². The molecule has 24 heavy (non-hydrogen) atoms. The van der Waals surface area contributed by atoms with Crippen molar-refractivity contribution in [3.05, 3.63) is 57.2 Å². The van der Waals surface area contributed by atoms with Crippen LogP contribution in [-0.4, -0.2) is 23.8 Å². The van der Waals surface area contributed by atoms with Crippen LogP contribution < -0.4 is 9.75 Å². The molecule has 6 heteroatoms. The van der Waals surface area contributed by atoms with Gasteiger partial charge in [-0.3, -0.25) is 4.79 Å². The number of hydrogen-bond acceptors (Lipinski definition) is 4. The Hall–Kier alpha value is -2.35. The number of hydrogen-bond donors (Lipinski definition) is 1. The summed E-state index contributed by atoms with van der Waals surface area (Å²) >= 11 is 2.21. The van der Waals surface area contributed by atoms with E-state index in [9.17, 15) is 9.90 Å². The number of rotatable bonds is 3. The molecule has 1 heterocycles. The number of halogens is 1. The summed E-state index contributed by atoms with van der Waals surface area (Å²) < 4.78 is 6.19. The van der Waals surface area contributed by atoms with E-state index in [2.05, 4.69) is 27.7 Å². The van der Waals surface area contributed by atoms with Crippen molar-refractivity contribution in [3.8, 4) is 11.5 Å². The zero-order valence-corrected chi connectivity index (χ0v) is 15.3. The molecule has 0 fully saturated rings. The minimum Gasteiger partial charge on any atom is -0.504 e. The summed E-state index contributed by atoms with van der Waals surface area (Å²) in [5, 5.41) is 15.4. The van der Waals surface area contributed by atoms with E-state index in [1.807, 2.05) is 24.3 Å². The van der Waals surface area contributed by atoms with Gasteiger partial charge in [-0.1, -0.05) is 6.07 Å². The van der Waals surface area contributed by atoms with E-state index >= 15 is 0 Å². The molecular formula is C18H15IN2O3. The third kappa shape index (κ3) is 3.14. The Bertz CT molecular complexity index is 857. The number of benzene rings is 2. The van der Waals surface area contributed by atoms with Gasteiger partial charge in [0, 0.05) is 3.57 Å². The SMILES string of the molecule is COc1cc(/C=C2/C(=O)N(c3ccc(I)cc3)N=C2C)ccc1O. The molecule has 0 saturated carbocycles. The first kappa shape index (κ1) is 16.5. The van der Waals surface area contributed by atoms with E-state index < -0.39 is 0 Å². The second-order valence-electron chi connectivity index (χ2n) is 5.27. The van der Waals surface area contributed by atoms with Crippen molar-refractivity contribution in [1.82, 2.24) is 0 Å². The van der Waals surface area contributed by atoms with Gasteiger partial charge >= 0.3 is 0 Å². The number of aromatic hydroxyl groups is 1. The van der Waals surface area contributed by atoms with Crippen molar-refractivity contribution in [2.24, 2.45) is 5.10 Å². The van der Waals surface area contributed by atoms with Crippen molar-refractivity contribution in [3.63, 3.8) is 0 Å². The highest BCUT2D eigenvalue weighted by molar-refractivity contribution is 14.1. The average Bonchev–Trinajstić information content (AvgIpc) is 2.85. The van der Waals surface area contributed by atoms with Crippen LogP contribution in [0.5, 0.6) is 11.5 Å². The highest BCUT2D eigenvalue weighted by Crippen LogP contribution is 2.29. The molecule has 1 amide bonds. The van der Waals surface area contributed by atoms with Crippen molar-refractivity contribution in [1.29, 1.82) is 0 Å². The first-order chi connectivity index (χ1) is 11.5. The van der Waals surface area contributed by atoms with Crippen molar-refractivity contribution < 1.29 is 14.6 Å². The van der Waals surface area contributed by atoms with Gasteiger partial charge in [0.05, 0.1) is 24.1 Å². The van der Waals surface area contributed by atoms with Gasteiger partial charge < -0.3 is 9.84 Å². The zero-order chi connectivity index (χ0) is 17.3. The number of phenols is 1. The molecule has 0 aliphatic carbocycles. The summed E-state index contributed by atoms with van der Waals surface area (Å²) in [6.45, 7) is 1.80. The molecule has 0 atom stereocenters. The van der Waals surface area contributed by atoms with Gasteiger partial charge in [0.2, 0.25) is 0 Å². The molecule has 1 N–H and O–H groups in total. The van der Waals surface area contributed by atoms with Crippen molar-refractivity contribution in [2.75, 3.05) is 12.1 Å². The molecule has 5 nitrogen and oxygen atoms in total. The molecule has 1 aliphatic rings. The third-order valence-corrected chi connectivity index (χ3v) is 4.37. The maximum Gasteiger partial charge on any atom is 0.280 e. The van der Waals surface area contributed by atoms with Crippen LogP contribution in [0.2, 0.25) is 0 Å². The number of nitrogens with zero attached hydrogens (tertiary/aromatic N) is 2. The quantitative estimate of drug-likeness (QED) is 0.591. The van der Waals surface area contributed by atoms with Crippen LogP contribution in [0.3, 0.4) is 0 Å². The molecular weight excluding hydrogens is 419 g/mol. The Kier molecular flexibility index (Phi) is 4.57. The highest BCUT2D eigenvalue weighted by Gasteiger charge is 2.28. The fourth-order valence-corrected chi connectivity index (χ4v) is 2.75. The molecule has 2 aromatic rings. The minimum absolute atomic E-state index is 0.0586. The Morgan fingerprint density at radius 3 is 2.58 bits per heavy atom. The molecule has 3 rings (SSSR count). The summed E-state index contributed by atoms with van der Waals surface area (Å²) in [7, 11) is 1.48. The lowest BCUT2D eigenvalue weighted by Gasteiger charge is -2.11. The van der Waals surface area contributed by atoms with Crippen molar-refractivity contribution >= 4 is 46.0 Å². The topological polar surface area (TPSA) is 62.1 Å². The summed E-state index contributed by atoms with van der Waals surface area (Å²) in [6.07, 6.45) is 1.75. The number of methoxy groups -OCH3 is 1. The average molecular weight is 434 g/mol. The van der Waals surface area contributed by atoms with Crippen LogP contribution in [0.25, 0.3) is 6.08 Å². The fraction of sp³-hybridized carbons (Fsp3) is 0.111. The number of carbonyl (C=O) groups is 1. The van der Waals surface area contributed by atoms with Gasteiger partial charge in [0.25, 0.3) is 5.91 Å². The molecule has 0 spiro atoms. The van der Waals surface area contributed by atoms with E-state index in [0.29, 0.717) is 17.0 Å². The second kappa shape index (κ2) is 6.64. The van der Waals surface area contributed by atoms with Crippen LogP contribution >= 0.6 is 22.6 Å². The smallest absolute Gasteiger partial charge is 0.280 e. The highest BCUT2D eigenvalue weighted by atomic mass is 127. The van der Waals surface area contributed by atoms with Gasteiger partial charge in [-0.25, -0.2) is 0 Å². The predicted octanol–water partition coefficient (Wildman–Crippen LogP) is 3.81. The number of phenolic OH excluding ortho intramolecular Hbond substituents is 1. The van der Waals surface area contributed by atoms with Gasteiger partial charge in [-0.15, -0.1) is 0 Å². The molecule has 0 unspecified atom stereocenters. The predicted molar refractivity (Wildman–Crippen MR) is 102 cm³/mol. The van der Waals surface area contributed by atoms with Crippen LogP contribution in [0.15, 0.2) is 53.1 Å². The van der Waals surface area contributed by atoms with Crippen molar-refractivity contribution in [2.45, 2.75) is 6.92 Å². The Morgan fingerprint density at radius 2 is 1.92 bits per heavy atom. The summed E-state index contributed by atoms with van der Waals surface area (Å²) in [5.74, 6) is 0.239. The van der Waals surface area contributed by atoms with Gasteiger partial charge in [-0.2, -0.15) is 10.1 Å². The Labute approximate surface area is 153 Å². The van der Waals surface area contributed by atoms with Crippen LogP contribution in [0.4, 0.5) is 5.69 Å². The molecule has 0 bridgehead atoms. The number of anilines is 1. The normalized spacial score (nSPS) is 15.8. The van der Waals surface area contributed by atoms with Gasteiger partial charge in [0.15, 0.2) is 11.5 Å². The fourth-order valence-electron chi connectivity index (χ4n) is 2.39. The largest absolute Gasteiger partial charge is 0.504 e. The molecule has 0 radical (unpaired) electrons. The number of hydrazone groups is 1. The zero-order valence-electron chi connectivity index (χ0n) is 13.2. The first-order valence-electron chi connectivity index (χ1n) is 7.24. The summed E-state index contributed by atoms with van der Waals surface area (Å²) in [5.41, 5.74) is 2.64. The Morgan fingerprint density at radius 1 is 1.21 bits per heavy atom. The van der Waals surface area contributed by atoms with E-state index in [0.717, 1.165) is 14.8 Å². The summed E-state index contributed by atoms with van der Waals surface area (Å²) in [6, 6.07) is 12.5. The number of amides is 1. The van der Waals surface area contributed by atoms with Crippen LogP contribution in [-0.2, 0) is 4.79 Å². The van der Waals surface area contributed by atoms with Crippen LogP contribution in [0.1, 0.15) is 12.5 Å². The molecule has 122 valence electrons. The summed E-state index contributed by atoms with van der Waals surface area (Å²) in [4.78, 5) is 12.7. The number of carbonyl (C=O) groups excluding carboxylic acids is 1. The minimum atomic E-state index is -0.180. The van der Waals surface area contributed by atoms with Gasteiger partial charge in [-0.05, 0) is 77.6 Å². The Balaban J connectivity index is 1.94. The lowest BCUT2D eigenvalue weighted by molar-refractivity contribution is -0.114. The number of ether oxygens (including phenoxy) is 1. The molecule has 1 aliphatic heterocycles.